The van der Waals surface area contributed by atoms with E-state index in [1.54, 1.807) is 68.0 Å². The summed E-state index contributed by atoms with van der Waals surface area (Å²) in [6, 6.07) is 12.1. The number of thioether (sulfide) groups is 1. The van der Waals surface area contributed by atoms with Gasteiger partial charge in [-0.3, -0.25) is 19.0 Å². The predicted octanol–water partition coefficient (Wildman–Crippen LogP) is 8.91. The van der Waals surface area contributed by atoms with Crippen molar-refractivity contribution in [1.29, 1.82) is 0 Å². The molecule has 2 aliphatic heterocycles. The molecule has 4 aromatic rings. The molecule has 0 unspecified atom stereocenters. The number of carbonyl (C=O) groups is 2. The molecular weight excluding hydrogens is 868 g/mol. The monoisotopic (exact) mass is 918 g/mol. The smallest absolute Gasteiger partial charge is 0.386 e. The fourth-order valence-electron chi connectivity index (χ4n) is 8.32. The number of halogens is 4. The Hall–Kier alpha value is -3.41. The third-order valence-corrected chi connectivity index (χ3v) is 14.0. The predicted molar refractivity (Wildman–Crippen MR) is 220 cm³/mol. The molecule has 4 atom stereocenters. The van der Waals surface area contributed by atoms with Crippen LogP contribution in [0.5, 0.6) is 0 Å². The summed E-state index contributed by atoms with van der Waals surface area (Å²) in [5.41, 5.74) is -2.87. The zero-order chi connectivity index (χ0) is 41.0. The lowest BCUT2D eigenvalue weighted by atomic mass is 9.67. The lowest BCUT2D eigenvalue weighted by Gasteiger charge is -2.40. The van der Waals surface area contributed by atoms with E-state index >= 15 is 0 Å². The van der Waals surface area contributed by atoms with Crippen molar-refractivity contribution in [1.82, 2.24) is 29.4 Å². The Morgan fingerprint density at radius 2 is 1.33 bits per heavy atom. The van der Waals surface area contributed by atoms with Crippen molar-refractivity contribution in [3.8, 4) is 0 Å². The Labute approximate surface area is 349 Å². The first kappa shape index (κ1) is 41.7. The first-order valence-electron chi connectivity index (χ1n) is 19.6. The quantitative estimate of drug-likeness (QED) is 0.0746. The first-order valence-corrected chi connectivity index (χ1v) is 21.6. The number of amides is 2. The number of rotatable bonds is 9. The van der Waals surface area contributed by atoms with Gasteiger partial charge in [0.2, 0.25) is 0 Å². The molecule has 7 rings (SSSR count). The maximum Gasteiger partial charge on any atom is 0.446 e. The second kappa shape index (κ2) is 16.0. The van der Waals surface area contributed by atoms with E-state index in [0.29, 0.717) is 36.9 Å². The Bertz CT molecular complexity index is 2100. The Kier molecular flexibility index (Phi) is 11.7. The zero-order valence-electron chi connectivity index (χ0n) is 32.8. The second-order valence-corrected chi connectivity index (χ2v) is 19.5. The van der Waals surface area contributed by atoms with Crippen LogP contribution in [0, 0.1) is 0 Å². The van der Waals surface area contributed by atoms with Crippen LogP contribution in [0.1, 0.15) is 140 Å². The fraction of sp³-hybridized carbons (Fsp3) is 0.524. The minimum absolute atomic E-state index is 0.00417. The van der Waals surface area contributed by atoms with Gasteiger partial charge in [-0.15, -0.1) is 0 Å². The molecule has 15 heteroatoms. The summed E-state index contributed by atoms with van der Waals surface area (Å²) < 4.78 is 45.1. The normalized spacial score (nSPS) is 24.7. The van der Waals surface area contributed by atoms with Crippen LogP contribution in [0.4, 0.5) is 13.2 Å². The highest BCUT2D eigenvalue weighted by Gasteiger charge is 2.40. The van der Waals surface area contributed by atoms with E-state index in [-0.39, 0.29) is 68.7 Å². The van der Waals surface area contributed by atoms with Crippen molar-refractivity contribution < 1.29 is 33.0 Å². The minimum Gasteiger partial charge on any atom is -0.386 e. The summed E-state index contributed by atoms with van der Waals surface area (Å²) in [5, 5.41) is 29.9. The third kappa shape index (κ3) is 9.10. The molecule has 2 N–H and O–H groups in total. The first-order chi connectivity index (χ1) is 26.8. The molecule has 10 nitrogen and oxygen atoms in total. The van der Waals surface area contributed by atoms with Gasteiger partial charge in [0.05, 0.1) is 45.3 Å². The van der Waals surface area contributed by atoms with Gasteiger partial charge in [-0.25, -0.2) is 0 Å². The molecule has 3 fully saturated rings. The largest absolute Gasteiger partial charge is 0.446 e. The SMILES string of the molecule is C[C@@H]1CC[C@@H](n2cc(C(C)(C)O)cn2)CN1C(=O)c1cc(C2CC(c3ccccc3C(=O)N3C[C@H](n4cc(C(C)(C)O)cn4)CC[C@H]3I)C2)ccc1SC(F)(F)F. The highest BCUT2D eigenvalue weighted by atomic mass is 127. The standard InChI is InChI=1S/C42H50F3IN6O4S/c1-25-10-12-31(51-21-29(19-47-51)40(2,3)55)23-49(25)39(54)35-18-26(11-14-36(35)57-42(43,44)45)27-16-28(17-27)33-8-6-7-9-34(33)38(53)50-24-32(13-15-37(50)46)52-22-30(20-48-52)41(4,5)56/h6-9,11,14,18-22,25,27-28,31-32,37,55-56H,10,12-13,15-17,23-24H2,1-5H3/t25-,27?,28?,31-,32-,37+/m1/s1. The van der Waals surface area contributed by atoms with E-state index < -0.39 is 22.6 Å². The molecule has 306 valence electrons. The van der Waals surface area contributed by atoms with Crippen LogP contribution >= 0.6 is 34.4 Å². The third-order valence-electron chi connectivity index (χ3n) is 11.9. The zero-order valence-corrected chi connectivity index (χ0v) is 35.8. The molecule has 4 heterocycles. The number of piperidine rings is 2. The van der Waals surface area contributed by atoms with Crippen LogP contribution in [-0.4, -0.2) is 80.1 Å². The molecule has 57 heavy (non-hydrogen) atoms. The van der Waals surface area contributed by atoms with Gasteiger partial charge < -0.3 is 20.0 Å². The maximum atomic E-state index is 14.3. The summed E-state index contributed by atoms with van der Waals surface area (Å²) in [4.78, 5) is 32.0. The molecule has 0 spiro atoms. The second-order valence-electron chi connectivity index (χ2n) is 17.0. The summed E-state index contributed by atoms with van der Waals surface area (Å²) in [5.74, 6) is -0.415. The van der Waals surface area contributed by atoms with Crippen molar-refractivity contribution in [3.05, 3.63) is 101 Å². The molecule has 2 amide bonds. The van der Waals surface area contributed by atoms with Crippen LogP contribution in [0.2, 0.25) is 0 Å². The Morgan fingerprint density at radius 3 is 1.91 bits per heavy atom. The number of alkyl halides is 4. The van der Waals surface area contributed by atoms with Gasteiger partial charge >= 0.3 is 5.51 Å². The van der Waals surface area contributed by atoms with Crippen LogP contribution in [0.25, 0.3) is 0 Å². The average Bonchev–Trinajstić information content (AvgIpc) is 3.83. The number of carbonyl (C=O) groups excluding carboxylic acids is 2. The topological polar surface area (TPSA) is 117 Å². The van der Waals surface area contributed by atoms with Crippen LogP contribution in [0.15, 0.2) is 72.1 Å². The summed E-state index contributed by atoms with van der Waals surface area (Å²) in [7, 11) is 0. The van der Waals surface area contributed by atoms with Crippen LogP contribution in [0.3, 0.4) is 0 Å². The summed E-state index contributed by atoms with van der Waals surface area (Å²) in [6.45, 7) is 9.48. The number of nitrogens with zero attached hydrogens (tertiary/aromatic N) is 6. The molecular formula is C42H50F3IN6O4S. The van der Waals surface area contributed by atoms with Crippen molar-refractivity contribution in [2.75, 3.05) is 13.1 Å². The number of likely N-dealkylation sites (tertiary alicyclic amines) is 2. The van der Waals surface area contributed by atoms with E-state index in [1.165, 1.54) is 6.07 Å². The highest BCUT2D eigenvalue weighted by molar-refractivity contribution is 14.1. The van der Waals surface area contributed by atoms with E-state index in [1.807, 2.05) is 47.0 Å². The number of hydrogen-bond donors (Lipinski definition) is 2. The van der Waals surface area contributed by atoms with Gasteiger partial charge in [-0.1, -0.05) is 46.9 Å². The molecule has 2 aromatic heterocycles. The molecule has 2 aromatic carbocycles. The van der Waals surface area contributed by atoms with Gasteiger partial charge in [0.25, 0.3) is 11.8 Å². The molecule has 0 bridgehead atoms. The maximum absolute atomic E-state index is 14.3. The van der Waals surface area contributed by atoms with E-state index in [9.17, 15) is 33.0 Å². The van der Waals surface area contributed by atoms with E-state index in [2.05, 4.69) is 32.8 Å². The van der Waals surface area contributed by atoms with Gasteiger partial charge in [-0.2, -0.15) is 23.4 Å². The van der Waals surface area contributed by atoms with Crippen molar-refractivity contribution in [2.24, 2.45) is 0 Å². The van der Waals surface area contributed by atoms with Gasteiger partial charge in [-0.05, 0) is 126 Å². The molecule has 1 aliphatic carbocycles. The van der Waals surface area contributed by atoms with Crippen molar-refractivity contribution in [3.63, 3.8) is 0 Å². The number of benzene rings is 2. The van der Waals surface area contributed by atoms with E-state index in [0.717, 1.165) is 36.0 Å². The van der Waals surface area contributed by atoms with Gasteiger partial charge in [0.1, 0.15) is 0 Å². The molecule has 3 aliphatic rings. The van der Waals surface area contributed by atoms with Gasteiger partial charge in [0, 0.05) is 53.1 Å². The van der Waals surface area contributed by atoms with Crippen LogP contribution < -0.4 is 0 Å². The molecule has 2 saturated heterocycles. The number of hydrogen-bond acceptors (Lipinski definition) is 7. The Balaban J connectivity index is 1.08. The molecule has 1 saturated carbocycles. The molecule has 0 radical (unpaired) electrons. The van der Waals surface area contributed by atoms with Crippen molar-refractivity contribution >= 4 is 46.2 Å². The van der Waals surface area contributed by atoms with E-state index in [4.69, 9.17) is 0 Å². The average molecular weight is 919 g/mol. The lowest BCUT2D eigenvalue weighted by Crippen LogP contribution is -2.46. The summed E-state index contributed by atoms with van der Waals surface area (Å²) in [6.07, 6.45) is 11.3. The Morgan fingerprint density at radius 1 is 0.772 bits per heavy atom. The number of aromatic nitrogens is 4. The highest BCUT2D eigenvalue weighted by Crippen LogP contribution is 2.50. The minimum atomic E-state index is -4.57. The number of aliphatic hydroxyl groups is 2. The fourth-order valence-corrected chi connectivity index (χ4v) is 9.80. The van der Waals surface area contributed by atoms with Crippen LogP contribution in [-0.2, 0) is 11.2 Å². The van der Waals surface area contributed by atoms with Crippen molar-refractivity contribution in [2.45, 2.75) is 129 Å². The summed E-state index contributed by atoms with van der Waals surface area (Å²) >= 11 is 2.07. The lowest BCUT2D eigenvalue weighted by molar-refractivity contribution is -0.0328. The van der Waals surface area contributed by atoms with Gasteiger partial charge in [0.15, 0.2) is 0 Å².